The van der Waals surface area contributed by atoms with Crippen LogP contribution in [0, 0.1) is 17.2 Å². The number of hydrogen-bond donors (Lipinski definition) is 1. The molecule has 1 unspecified atom stereocenters. The van der Waals surface area contributed by atoms with Gasteiger partial charge in [-0.25, -0.2) is 0 Å². The standard InChI is InChI=1S/C16H19N3O2S/c1-2-21-15(20)13-6-4-8-19(11-13)16(22)18-14-7-3-5-12(9-14)10-17/h3,5,7,9,13H,2,4,6,8,11H2,1H3,(H,18,22). The van der Waals surface area contributed by atoms with Gasteiger partial charge in [-0.2, -0.15) is 5.26 Å². The molecule has 0 bridgehead atoms. The van der Waals surface area contributed by atoms with Crippen LogP contribution in [0.25, 0.3) is 0 Å². The first-order valence-electron chi connectivity index (χ1n) is 7.36. The molecule has 2 rings (SSSR count). The number of nitriles is 1. The molecule has 6 heteroatoms. The van der Waals surface area contributed by atoms with E-state index in [1.807, 2.05) is 17.9 Å². The topological polar surface area (TPSA) is 65.4 Å². The van der Waals surface area contributed by atoms with Gasteiger partial charge in [-0.3, -0.25) is 4.79 Å². The van der Waals surface area contributed by atoms with E-state index in [4.69, 9.17) is 22.2 Å². The van der Waals surface area contributed by atoms with E-state index in [0.29, 0.717) is 23.8 Å². The number of esters is 1. The molecular weight excluding hydrogens is 298 g/mol. The second-order valence-electron chi connectivity index (χ2n) is 5.16. The second kappa shape index (κ2) is 7.76. The summed E-state index contributed by atoms with van der Waals surface area (Å²) in [6.45, 7) is 3.61. The van der Waals surface area contributed by atoms with Crippen LogP contribution in [0.2, 0.25) is 0 Å². The Balaban J connectivity index is 1.97. The van der Waals surface area contributed by atoms with Crippen molar-refractivity contribution in [3.8, 4) is 6.07 Å². The van der Waals surface area contributed by atoms with Crippen molar-refractivity contribution in [1.82, 2.24) is 4.90 Å². The highest BCUT2D eigenvalue weighted by molar-refractivity contribution is 7.80. The lowest BCUT2D eigenvalue weighted by Gasteiger charge is -2.33. The van der Waals surface area contributed by atoms with Crippen molar-refractivity contribution in [1.29, 1.82) is 5.26 Å². The third-order valence-corrected chi connectivity index (χ3v) is 3.93. The maximum atomic E-state index is 11.9. The van der Waals surface area contributed by atoms with Crippen LogP contribution < -0.4 is 5.32 Å². The van der Waals surface area contributed by atoms with Crippen LogP contribution in [0.4, 0.5) is 5.69 Å². The predicted molar refractivity (Wildman–Crippen MR) is 88.3 cm³/mol. The Morgan fingerprint density at radius 1 is 1.59 bits per heavy atom. The minimum Gasteiger partial charge on any atom is -0.466 e. The molecule has 0 aliphatic carbocycles. The summed E-state index contributed by atoms with van der Waals surface area (Å²) in [6.07, 6.45) is 1.74. The largest absolute Gasteiger partial charge is 0.466 e. The quantitative estimate of drug-likeness (QED) is 0.682. The van der Waals surface area contributed by atoms with Gasteiger partial charge in [0.1, 0.15) is 0 Å². The first-order chi connectivity index (χ1) is 10.6. The molecule has 1 fully saturated rings. The highest BCUT2D eigenvalue weighted by atomic mass is 32.1. The van der Waals surface area contributed by atoms with Crippen LogP contribution in [0.1, 0.15) is 25.3 Å². The Hall–Kier alpha value is -2.13. The summed E-state index contributed by atoms with van der Waals surface area (Å²) in [5.74, 6) is -0.277. The zero-order valence-electron chi connectivity index (χ0n) is 12.5. The predicted octanol–water partition coefficient (Wildman–Crippen LogP) is 2.53. The fourth-order valence-electron chi connectivity index (χ4n) is 2.48. The molecule has 1 saturated heterocycles. The number of hydrogen-bond acceptors (Lipinski definition) is 4. The van der Waals surface area contributed by atoms with Crippen molar-refractivity contribution in [2.75, 3.05) is 25.0 Å². The average Bonchev–Trinajstić information content (AvgIpc) is 2.55. The molecular formula is C16H19N3O2S. The molecule has 1 aliphatic heterocycles. The summed E-state index contributed by atoms with van der Waals surface area (Å²) < 4.78 is 5.09. The van der Waals surface area contributed by atoms with E-state index in [0.717, 1.165) is 25.1 Å². The number of thiocarbonyl (C=S) groups is 1. The number of rotatable bonds is 3. The van der Waals surface area contributed by atoms with E-state index >= 15 is 0 Å². The van der Waals surface area contributed by atoms with Crippen LogP contribution in [0.5, 0.6) is 0 Å². The molecule has 0 aromatic heterocycles. The summed E-state index contributed by atoms with van der Waals surface area (Å²) in [6, 6.07) is 9.26. The first-order valence-corrected chi connectivity index (χ1v) is 7.77. The molecule has 1 N–H and O–H groups in total. The maximum absolute atomic E-state index is 11.9. The Kier molecular flexibility index (Phi) is 5.73. The molecule has 0 saturated carbocycles. The minimum atomic E-state index is -0.151. The van der Waals surface area contributed by atoms with E-state index in [1.54, 1.807) is 18.2 Å². The summed E-state index contributed by atoms with van der Waals surface area (Å²) >= 11 is 5.42. The van der Waals surface area contributed by atoms with E-state index < -0.39 is 0 Å². The third kappa shape index (κ3) is 4.18. The molecule has 1 aromatic carbocycles. The molecule has 1 aromatic rings. The van der Waals surface area contributed by atoms with Gasteiger partial charge in [0.05, 0.1) is 24.2 Å². The van der Waals surface area contributed by atoms with E-state index in [1.165, 1.54) is 0 Å². The lowest BCUT2D eigenvalue weighted by Crippen LogP contribution is -2.44. The van der Waals surface area contributed by atoms with Crippen molar-refractivity contribution >= 4 is 29.0 Å². The van der Waals surface area contributed by atoms with Gasteiger partial charge in [-0.05, 0) is 50.2 Å². The Morgan fingerprint density at radius 2 is 2.41 bits per heavy atom. The molecule has 1 heterocycles. The third-order valence-electron chi connectivity index (χ3n) is 3.57. The summed E-state index contributed by atoms with van der Waals surface area (Å²) in [5, 5.41) is 12.6. The number of benzene rings is 1. The van der Waals surface area contributed by atoms with Gasteiger partial charge in [0.25, 0.3) is 0 Å². The molecule has 5 nitrogen and oxygen atoms in total. The number of nitrogens with zero attached hydrogens (tertiary/aromatic N) is 2. The fourth-order valence-corrected chi connectivity index (χ4v) is 2.77. The van der Waals surface area contributed by atoms with Crippen LogP contribution in [0.3, 0.4) is 0 Å². The van der Waals surface area contributed by atoms with Crippen molar-refractivity contribution in [3.05, 3.63) is 29.8 Å². The lowest BCUT2D eigenvalue weighted by molar-refractivity contribution is -0.149. The first kappa shape index (κ1) is 16.2. The number of likely N-dealkylation sites (tertiary alicyclic amines) is 1. The van der Waals surface area contributed by atoms with Crippen molar-refractivity contribution in [3.63, 3.8) is 0 Å². The lowest BCUT2D eigenvalue weighted by atomic mass is 9.98. The monoisotopic (exact) mass is 317 g/mol. The number of nitrogens with one attached hydrogen (secondary N) is 1. The van der Waals surface area contributed by atoms with Gasteiger partial charge in [0.2, 0.25) is 0 Å². The smallest absolute Gasteiger partial charge is 0.310 e. The van der Waals surface area contributed by atoms with Gasteiger partial charge >= 0.3 is 5.97 Å². The molecule has 116 valence electrons. The number of anilines is 1. The molecule has 0 amide bonds. The van der Waals surface area contributed by atoms with Crippen LogP contribution in [0.15, 0.2) is 24.3 Å². The van der Waals surface area contributed by atoms with E-state index in [2.05, 4.69) is 11.4 Å². The van der Waals surface area contributed by atoms with Gasteiger partial charge in [0, 0.05) is 18.8 Å². The summed E-state index contributed by atoms with van der Waals surface area (Å²) in [7, 11) is 0. The molecule has 1 aliphatic rings. The summed E-state index contributed by atoms with van der Waals surface area (Å²) in [5.41, 5.74) is 1.36. The van der Waals surface area contributed by atoms with Crippen molar-refractivity contribution in [2.24, 2.45) is 5.92 Å². The van der Waals surface area contributed by atoms with Gasteiger partial charge < -0.3 is 15.0 Å². The molecule has 22 heavy (non-hydrogen) atoms. The van der Waals surface area contributed by atoms with Gasteiger partial charge in [0.15, 0.2) is 5.11 Å². The highest BCUT2D eigenvalue weighted by Crippen LogP contribution is 2.19. The number of piperidine rings is 1. The molecule has 0 spiro atoms. The average molecular weight is 317 g/mol. The van der Waals surface area contributed by atoms with Crippen LogP contribution >= 0.6 is 12.2 Å². The minimum absolute atomic E-state index is 0.126. The van der Waals surface area contributed by atoms with E-state index in [9.17, 15) is 4.79 Å². The van der Waals surface area contributed by atoms with Crippen LogP contribution in [-0.4, -0.2) is 35.7 Å². The Labute approximate surface area is 135 Å². The Morgan fingerprint density at radius 3 is 3.14 bits per heavy atom. The number of carbonyl (C=O) groups excluding carboxylic acids is 1. The van der Waals surface area contributed by atoms with E-state index in [-0.39, 0.29) is 11.9 Å². The zero-order valence-corrected chi connectivity index (χ0v) is 13.4. The maximum Gasteiger partial charge on any atom is 0.310 e. The molecule has 1 atom stereocenters. The van der Waals surface area contributed by atoms with Crippen molar-refractivity contribution in [2.45, 2.75) is 19.8 Å². The zero-order chi connectivity index (χ0) is 15.9. The summed E-state index contributed by atoms with van der Waals surface area (Å²) in [4.78, 5) is 13.8. The Bertz CT molecular complexity index is 597. The fraction of sp³-hybridized carbons (Fsp3) is 0.438. The van der Waals surface area contributed by atoms with Crippen LogP contribution in [-0.2, 0) is 9.53 Å². The van der Waals surface area contributed by atoms with Gasteiger partial charge in [-0.1, -0.05) is 6.07 Å². The number of ether oxygens (including phenoxy) is 1. The normalized spacial score (nSPS) is 17.5. The highest BCUT2D eigenvalue weighted by Gasteiger charge is 2.28. The molecule has 0 radical (unpaired) electrons. The van der Waals surface area contributed by atoms with Gasteiger partial charge in [-0.15, -0.1) is 0 Å². The SMILES string of the molecule is CCOC(=O)C1CCCN(C(=S)Nc2cccc(C#N)c2)C1. The second-order valence-corrected chi connectivity index (χ2v) is 5.55. The number of carbonyl (C=O) groups is 1. The van der Waals surface area contributed by atoms with Crippen molar-refractivity contribution < 1.29 is 9.53 Å².